The Hall–Kier alpha value is -2.12. The van der Waals surface area contributed by atoms with Crippen molar-refractivity contribution >= 4 is 17.3 Å². The van der Waals surface area contributed by atoms with Crippen LogP contribution in [-0.2, 0) is 6.18 Å². The molecule has 0 N–H and O–H groups in total. The topological polar surface area (TPSA) is 24.9 Å². The molecule has 2 aromatic rings. The number of halogens is 4. The molecule has 0 aliphatic carbocycles. The first-order valence-corrected chi connectivity index (χ1v) is 10.8. The zero-order valence-corrected chi connectivity index (χ0v) is 18.3. The maximum atomic E-state index is 13.3. The molecule has 4 nitrogen and oxygen atoms in total. The summed E-state index contributed by atoms with van der Waals surface area (Å²) < 4.78 is 50.7. The Bertz CT molecular complexity index is 938. The third-order valence-corrected chi connectivity index (χ3v) is 6.69. The van der Waals surface area contributed by atoms with Gasteiger partial charge in [0.25, 0.3) is 0 Å². The van der Waals surface area contributed by atoms with E-state index in [9.17, 15) is 13.2 Å². The number of benzene rings is 2. The van der Waals surface area contributed by atoms with Crippen molar-refractivity contribution in [3.8, 4) is 11.5 Å². The Balaban J connectivity index is 1.54. The molecule has 2 atom stereocenters. The maximum absolute atomic E-state index is 13.3. The first-order chi connectivity index (χ1) is 14.8. The van der Waals surface area contributed by atoms with E-state index in [1.807, 2.05) is 17.0 Å². The SMILES string of the molecule is COc1ccc(C2CCCC3CN(c4ccc(Cl)c(C(F)(F)F)c4)CCN32)cc1OC. The number of piperidine rings is 1. The maximum Gasteiger partial charge on any atom is 0.417 e. The molecular weight excluding hydrogens is 429 g/mol. The van der Waals surface area contributed by atoms with E-state index in [2.05, 4.69) is 11.0 Å². The second-order valence-corrected chi connectivity index (χ2v) is 8.47. The van der Waals surface area contributed by atoms with Crippen molar-refractivity contribution < 1.29 is 22.6 Å². The molecular formula is C23H26ClF3N2O2. The summed E-state index contributed by atoms with van der Waals surface area (Å²) in [5.74, 6) is 1.41. The summed E-state index contributed by atoms with van der Waals surface area (Å²) in [5.41, 5.74) is 0.979. The van der Waals surface area contributed by atoms with E-state index in [-0.39, 0.29) is 17.1 Å². The molecule has 0 radical (unpaired) electrons. The highest BCUT2D eigenvalue weighted by atomic mass is 35.5. The molecule has 0 bridgehead atoms. The van der Waals surface area contributed by atoms with E-state index < -0.39 is 11.7 Å². The van der Waals surface area contributed by atoms with Crippen LogP contribution >= 0.6 is 11.6 Å². The average Bonchev–Trinajstić information content (AvgIpc) is 2.77. The van der Waals surface area contributed by atoms with E-state index >= 15 is 0 Å². The quantitative estimate of drug-likeness (QED) is 0.583. The monoisotopic (exact) mass is 454 g/mol. The van der Waals surface area contributed by atoms with E-state index in [0.29, 0.717) is 30.3 Å². The number of nitrogens with zero attached hydrogens (tertiary/aromatic N) is 2. The van der Waals surface area contributed by atoms with Crippen molar-refractivity contribution in [1.82, 2.24) is 4.90 Å². The van der Waals surface area contributed by atoms with Crippen LogP contribution in [0.15, 0.2) is 36.4 Å². The highest BCUT2D eigenvalue weighted by Crippen LogP contribution is 2.41. The van der Waals surface area contributed by atoms with Crippen molar-refractivity contribution in [2.75, 3.05) is 38.8 Å². The second kappa shape index (κ2) is 8.79. The zero-order chi connectivity index (χ0) is 22.2. The molecule has 2 unspecified atom stereocenters. The summed E-state index contributed by atoms with van der Waals surface area (Å²) >= 11 is 5.80. The van der Waals surface area contributed by atoms with Crippen LogP contribution in [-0.4, -0.2) is 44.8 Å². The Morgan fingerprint density at radius 2 is 1.74 bits per heavy atom. The van der Waals surface area contributed by atoms with Crippen LogP contribution in [0, 0.1) is 0 Å². The standard InChI is InChI=1S/C23H26ClF3N2O2/c1-30-21-9-6-15(12-22(21)31-2)20-5-3-4-17-14-28(10-11-29(17)20)16-7-8-19(24)18(13-16)23(25,26)27/h6-9,12-13,17,20H,3-5,10-11,14H2,1-2H3. The van der Waals surface area contributed by atoms with Gasteiger partial charge in [0.15, 0.2) is 11.5 Å². The molecule has 0 saturated carbocycles. The second-order valence-electron chi connectivity index (χ2n) is 8.06. The smallest absolute Gasteiger partial charge is 0.417 e. The summed E-state index contributed by atoms with van der Waals surface area (Å²) in [6.07, 6.45) is -1.31. The lowest BCUT2D eigenvalue weighted by atomic mass is 9.89. The van der Waals surface area contributed by atoms with Gasteiger partial charge in [-0.2, -0.15) is 13.2 Å². The van der Waals surface area contributed by atoms with Gasteiger partial charge in [0, 0.05) is 37.4 Å². The lowest BCUT2D eigenvalue weighted by molar-refractivity contribution is -0.137. The number of hydrogen-bond acceptors (Lipinski definition) is 4. The minimum Gasteiger partial charge on any atom is -0.493 e. The molecule has 2 aromatic carbocycles. The molecule has 2 saturated heterocycles. The van der Waals surface area contributed by atoms with Gasteiger partial charge in [0.05, 0.1) is 24.8 Å². The van der Waals surface area contributed by atoms with Gasteiger partial charge in [-0.1, -0.05) is 17.7 Å². The molecule has 8 heteroatoms. The Morgan fingerprint density at radius 3 is 2.45 bits per heavy atom. The third kappa shape index (κ3) is 4.44. The largest absolute Gasteiger partial charge is 0.493 e. The number of rotatable bonds is 4. The lowest BCUT2D eigenvalue weighted by Gasteiger charge is -2.49. The van der Waals surface area contributed by atoms with Gasteiger partial charge in [-0.05, 0) is 55.2 Å². The fourth-order valence-electron chi connectivity index (χ4n) is 4.83. The van der Waals surface area contributed by atoms with Crippen LogP contribution in [0.2, 0.25) is 5.02 Å². The molecule has 31 heavy (non-hydrogen) atoms. The van der Waals surface area contributed by atoms with Crippen molar-refractivity contribution in [2.24, 2.45) is 0 Å². The molecule has 2 heterocycles. The fraction of sp³-hybridized carbons (Fsp3) is 0.478. The number of piperazine rings is 1. The molecule has 2 aliphatic heterocycles. The van der Waals surface area contributed by atoms with Crippen LogP contribution in [0.4, 0.5) is 18.9 Å². The van der Waals surface area contributed by atoms with Crippen molar-refractivity contribution in [3.05, 3.63) is 52.5 Å². The summed E-state index contributed by atoms with van der Waals surface area (Å²) in [4.78, 5) is 4.53. The number of methoxy groups -OCH3 is 2. The van der Waals surface area contributed by atoms with Crippen LogP contribution in [0.3, 0.4) is 0 Å². The van der Waals surface area contributed by atoms with Crippen LogP contribution < -0.4 is 14.4 Å². The van der Waals surface area contributed by atoms with Crippen molar-refractivity contribution in [3.63, 3.8) is 0 Å². The predicted octanol–water partition coefficient (Wildman–Crippen LogP) is 5.79. The number of fused-ring (bicyclic) bond motifs is 1. The predicted molar refractivity (Wildman–Crippen MR) is 115 cm³/mol. The molecule has 4 rings (SSSR count). The summed E-state index contributed by atoms with van der Waals surface area (Å²) in [6.45, 7) is 2.15. The van der Waals surface area contributed by atoms with Crippen LogP contribution in [0.5, 0.6) is 11.5 Å². The Kier molecular flexibility index (Phi) is 6.26. The van der Waals surface area contributed by atoms with E-state index in [1.165, 1.54) is 17.7 Å². The van der Waals surface area contributed by atoms with Gasteiger partial charge in [0.1, 0.15) is 0 Å². The first kappa shape index (κ1) is 22.1. The summed E-state index contributed by atoms with van der Waals surface area (Å²) in [7, 11) is 3.25. The van der Waals surface area contributed by atoms with E-state index in [4.69, 9.17) is 21.1 Å². The van der Waals surface area contributed by atoms with Crippen molar-refractivity contribution in [2.45, 2.75) is 37.5 Å². The fourth-order valence-corrected chi connectivity index (χ4v) is 5.05. The average molecular weight is 455 g/mol. The highest BCUT2D eigenvalue weighted by Gasteiger charge is 2.37. The van der Waals surface area contributed by atoms with Gasteiger partial charge < -0.3 is 14.4 Å². The van der Waals surface area contributed by atoms with Crippen LogP contribution in [0.1, 0.15) is 36.4 Å². The third-order valence-electron chi connectivity index (χ3n) is 6.36. The van der Waals surface area contributed by atoms with Gasteiger partial charge >= 0.3 is 6.18 Å². The van der Waals surface area contributed by atoms with Crippen LogP contribution in [0.25, 0.3) is 0 Å². The minimum atomic E-state index is -4.46. The van der Waals surface area contributed by atoms with E-state index in [0.717, 1.165) is 25.8 Å². The molecule has 0 amide bonds. The summed E-state index contributed by atoms with van der Waals surface area (Å²) in [6, 6.07) is 10.8. The molecule has 0 aromatic heterocycles. The van der Waals surface area contributed by atoms with E-state index in [1.54, 1.807) is 20.3 Å². The lowest BCUT2D eigenvalue weighted by Crippen LogP contribution is -2.55. The zero-order valence-electron chi connectivity index (χ0n) is 17.6. The van der Waals surface area contributed by atoms with Gasteiger partial charge in [-0.25, -0.2) is 0 Å². The van der Waals surface area contributed by atoms with Gasteiger partial charge in [-0.15, -0.1) is 0 Å². The number of anilines is 1. The van der Waals surface area contributed by atoms with Gasteiger partial charge in [-0.3, -0.25) is 4.90 Å². The number of ether oxygens (including phenoxy) is 2. The van der Waals surface area contributed by atoms with Crippen molar-refractivity contribution in [1.29, 1.82) is 0 Å². The number of alkyl halides is 3. The molecule has 168 valence electrons. The first-order valence-electron chi connectivity index (χ1n) is 10.4. The molecule has 2 fully saturated rings. The molecule has 2 aliphatic rings. The Labute approximate surface area is 185 Å². The van der Waals surface area contributed by atoms with Gasteiger partial charge in [0.2, 0.25) is 0 Å². The Morgan fingerprint density at radius 1 is 0.968 bits per heavy atom. The summed E-state index contributed by atoms with van der Waals surface area (Å²) in [5, 5.41) is -0.263. The minimum absolute atomic E-state index is 0.261. The number of hydrogen-bond donors (Lipinski definition) is 0. The normalized spacial score (nSPS) is 22.2. The molecule has 0 spiro atoms. The highest BCUT2D eigenvalue weighted by molar-refractivity contribution is 6.31.